The Morgan fingerprint density at radius 1 is 1.35 bits per heavy atom. The maximum absolute atomic E-state index is 12.3. The molecule has 9 heteroatoms. The molecule has 2 aromatic heterocycles. The van der Waals surface area contributed by atoms with E-state index in [0.29, 0.717) is 6.54 Å². The SMILES string of the molecule is Cn1c(=O)c2c(ncn2CC(=O)NCC2(CO)CC2)n(C)c1=O. The smallest absolute Gasteiger partial charge is 0.332 e. The number of aliphatic hydroxyl groups excluding tert-OH is 1. The van der Waals surface area contributed by atoms with E-state index in [1.807, 2.05) is 0 Å². The second-order valence-corrected chi connectivity index (χ2v) is 6.19. The molecule has 1 amide bonds. The lowest BCUT2D eigenvalue weighted by Crippen LogP contribution is -2.38. The van der Waals surface area contributed by atoms with Crippen LogP contribution < -0.4 is 16.6 Å². The van der Waals surface area contributed by atoms with Crippen LogP contribution in [-0.4, -0.2) is 42.9 Å². The average Bonchev–Trinajstić information content (AvgIpc) is 3.22. The normalized spacial score (nSPS) is 15.8. The van der Waals surface area contributed by atoms with E-state index in [-0.39, 0.29) is 35.6 Å². The number of aromatic nitrogens is 4. The molecule has 3 rings (SSSR count). The molecule has 0 unspecified atom stereocenters. The van der Waals surface area contributed by atoms with Crippen molar-refractivity contribution in [1.82, 2.24) is 24.0 Å². The zero-order valence-corrected chi connectivity index (χ0v) is 13.1. The van der Waals surface area contributed by atoms with E-state index in [0.717, 1.165) is 17.4 Å². The fourth-order valence-electron chi connectivity index (χ4n) is 2.58. The summed E-state index contributed by atoms with van der Waals surface area (Å²) in [6, 6.07) is 0. The van der Waals surface area contributed by atoms with E-state index < -0.39 is 11.2 Å². The lowest BCUT2D eigenvalue weighted by Gasteiger charge is -2.13. The Balaban J connectivity index is 1.85. The molecule has 1 aliphatic carbocycles. The lowest BCUT2D eigenvalue weighted by atomic mass is 10.1. The predicted octanol–water partition coefficient (Wildman–Crippen LogP) is -1.68. The van der Waals surface area contributed by atoms with Gasteiger partial charge in [-0.1, -0.05) is 0 Å². The first kappa shape index (κ1) is 15.5. The van der Waals surface area contributed by atoms with Crippen molar-refractivity contribution in [2.45, 2.75) is 19.4 Å². The van der Waals surface area contributed by atoms with Gasteiger partial charge in [0, 0.05) is 26.1 Å². The van der Waals surface area contributed by atoms with E-state index in [1.165, 1.54) is 29.6 Å². The van der Waals surface area contributed by atoms with Gasteiger partial charge in [-0.3, -0.25) is 18.7 Å². The van der Waals surface area contributed by atoms with Gasteiger partial charge in [-0.05, 0) is 12.8 Å². The van der Waals surface area contributed by atoms with Crippen LogP contribution in [0.4, 0.5) is 0 Å². The Bertz CT molecular complexity index is 887. The highest BCUT2D eigenvalue weighted by atomic mass is 16.3. The summed E-state index contributed by atoms with van der Waals surface area (Å²) in [5.74, 6) is -0.264. The number of aliphatic hydroxyl groups is 1. The van der Waals surface area contributed by atoms with Crippen LogP contribution in [0, 0.1) is 5.41 Å². The molecule has 0 aromatic carbocycles. The Labute approximate surface area is 131 Å². The van der Waals surface area contributed by atoms with Crippen molar-refractivity contribution < 1.29 is 9.90 Å². The number of rotatable bonds is 5. The number of nitrogens with zero attached hydrogens (tertiary/aromatic N) is 4. The Morgan fingerprint density at radius 3 is 2.65 bits per heavy atom. The van der Waals surface area contributed by atoms with E-state index in [9.17, 15) is 19.5 Å². The number of carbonyl (C=O) groups excluding carboxylic acids is 1. The molecule has 124 valence electrons. The van der Waals surface area contributed by atoms with Gasteiger partial charge in [-0.15, -0.1) is 0 Å². The van der Waals surface area contributed by atoms with Crippen LogP contribution >= 0.6 is 0 Å². The summed E-state index contributed by atoms with van der Waals surface area (Å²) in [4.78, 5) is 40.3. The third kappa shape index (κ3) is 2.56. The van der Waals surface area contributed by atoms with Crippen LogP contribution in [-0.2, 0) is 25.4 Å². The molecular weight excluding hydrogens is 302 g/mol. The van der Waals surface area contributed by atoms with Gasteiger partial charge < -0.3 is 15.0 Å². The van der Waals surface area contributed by atoms with Crippen molar-refractivity contribution in [2.75, 3.05) is 13.2 Å². The fourth-order valence-corrected chi connectivity index (χ4v) is 2.58. The standard InChI is InChI=1S/C14H19N5O4/c1-17-11-10(12(22)18(2)13(17)23)19(8-16-11)5-9(21)15-6-14(7-20)3-4-14/h8,20H,3-7H2,1-2H3,(H,15,21). The van der Waals surface area contributed by atoms with Crippen LogP contribution in [0.15, 0.2) is 15.9 Å². The molecule has 0 saturated heterocycles. The molecule has 9 nitrogen and oxygen atoms in total. The largest absolute Gasteiger partial charge is 0.396 e. The monoisotopic (exact) mass is 321 g/mol. The number of hydrogen-bond donors (Lipinski definition) is 2. The second kappa shape index (κ2) is 5.34. The minimum atomic E-state index is -0.484. The maximum atomic E-state index is 12.3. The van der Waals surface area contributed by atoms with Crippen LogP contribution in [0.3, 0.4) is 0 Å². The molecule has 0 spiro atoms. The molecule has 0 bridgehead atoms. The first-order chi connectivity index (χ1) is 10.9. The highest BCUT2D eigenvalue weighted by Gasteiger charge is 2.42. The zero-order chi connectivity index (χ0) is 16.8. The highest BCUT2D eigenvalue weighted by Crippen LogP contribution is 2.44. The molecule has 0 aliphatic heterocycles. The van der Waals surface area contributed by atoms with Crippen molar-refractivity contribution in [3.8, 4) is 0 Å². The quantitative estimate of drug-likeness (QED) is 0.683. The van der Waals surface area contributed by atoms with Gasteiger partial charge in [-0.25, -0.2) is 9.78 Å². The fraction of sp³-hybridized carbons (Fsp3) is 0.571. The van der Waals surface area contributed by atoms with E-state index in [2.05, 4.69) is 10.3 Å². The van der Waals surface area contributed by atoms with Gasteiger partial charge >= 0.3 is 5.69 Å². The third-order valence-corrected chi connectivity index (χ3v) is 4.48. The van der Waals surface area contributed by atoms with Gasteiger partial charge in [-0.2, -0.15) is 0 Å². The summed E-state index contributed by atoms with van der Waals surface area (Å²) in [7, 11) is 2.92. The number of aryl methyl sites for hydroxylation is 1. The van der Waals surface area contributed by atoms with Crippen molar-refractivity contribution in [3.63, 3.8) is 0 Å². The Kier molecular flexibility index (Phi) is 3.59. The molecule has 0 atom stereocenters. The Hall–Kier alpha value is -2.42. The van der Waals surface area contributed by atoms with Gasteiger partial charge in [0.1, 0.15) is 6.54 Å². The van der Waals surface area contributed by atoms with Crippen molar-refractivity contribution in [1.29, 1.82) is 0 Å². The summed E-state index contributed by atoms with van der Waals surface area (Å²) in [5.41, 5.74) is -0.654. The second-order valence-electron chi connectivity index (χ2n) is 6.19. The molecular formula is C14H19N5O4. The molecule has 0 radical (unpaired) electrons. The first-order valence-corrected chi connectivity index (χ1v) is 7.37. The van der Waals surface area contributed by atoms with E-state index in [4.69, 9.17) is 0 Å². The minimum absolute atomic E-state index is 0.0595. The van der Waals surface area contributed by atoms with Crippen LogP contribution in [0.25, 0.3) is 11.2 Å². The van der Waals surface area contributed by atoms with Gasteiger partial charge in [0.25, 0.3) is 5.56 Å². The summed E-state index contributed by atoms with van der Waals surface area (Å²) < 4.78 is 3.70. The van der Waals surface area contributed by atoms with Gasteiger partial charge in [0.15, 0.2) is 11.2 Å². The van der Waals surface area contributed by atoms with Crippen molar-refractivity contribution in [3.05, 3.63) is 27.2 Å². The van der Waals surface area contributed by atoms with Crippen LogP contribution in [0.1, 0.15) is 12.8 Å². The number of amides is 1. The number of hydrogen-bond acceptors (Lipinski definition) is 5. The van der Waals surface area contributed by atoms with E-state index >= 15 is 0 Å². The van der Waals surface area contributed by atoms with Crippen LogP contribution in [0.5, 0.6) is 0 Å². The molecule has 1 aliphatic rings. The minimum Gasteiger partial charge on any atom is -0.396 e. The Morgan fingerprint density at radius 2 is 2.04 bits per heavy atom. The summed E-state index contributed by atoms with van der Waals surface area (Å²) >= 11 is 0. The van der Waals surface area contributed by atoms with Crippen LogP contribution in [0.2, 0.25) is 0 Å². The lowest BCUT2D eigenvalue weighted by molar-refractivity contribution is -0.121. The predicted molar refractivity (Wildman–Crippen MR) is 82.0 cm³/mol. The van der Waals surface area contributed by atoms with Crippen molar-refractivity contribution >= 4 is 17.1 Å². The molecule has 2 heterocycles. The number of imidazole rings is 1. The number of nitrogens with one attached hydrogen (secondary N) is 1. The summed E-state index contributed by atoms with van der Waals surface area (Å²) in [5, 5.41) is 12.0. The molecule has 23 heavy (non-hydrogen) atoms. The maximum Gasteiger partial charge on any atom is 0.332 e. The number of fused-ring (bicyclic) bond motifs is 1. The van der Waals surface area contributed by atoms with Gasteiger partial charge in [0.2, 0.25) is 5.91 Å². The van der Waals surface area contributed by atoms with Crippen molar-refractivity contribution in [2.24, 2.45) is 19.5 Å². The third-order valence-electron chi connectivity index (χ3n) is 4.48. The average molecular weight is 321 g/mol. The zero-order valence-electron chi connectivity index (χ0n) is 13.1. The van der Waals surface area contributed by atoms with Gasteiger partial charge in [0.05, 0.1) is 12.9 Å². The highest BCUT2D eigenvalue weighted by molar-refractivity contribution is 5.78. The molecule has 2 N–H and O–H groups in total. The molecule has 2 aromatic rings. The first-order valence-electron chi connectivity index (χ1n) is 7.37. The summed E-state index contributed by atoms with van der Waals surface area (Å²) in [6.07, 6.45) is 3.19. The molecule has 1 saturated carbocycles. The van der Waals surface area contributed by atoms with E-state index in [1.54, 1.807) is 0 Å². The summed E-state index contributed by atoms with van der Waals surface area (Å²) in [6.45, 7) is 0.418. The molecule has 1 fully saturated rings. The topological polar surface area (TPSA) is 111 Å². The number of carbonyl (C=O) groups is 1.